The van der Waals surface area contributed by atoms with Gasteiger partial charge in [-0.25, -0.2) is 0 Å². The van der Waals surface area contributed by atoms with E-state index >= 15 is 0 Å². The predicted octanol–water partition coefficient (Wildman–Crippen LogP) is 4.31. The molecule has 4 heteroatoms. The molecular formula is C13H9BrN2S. The van der Waals surface area contributed by atoms with Crippen LogP contribution in [-0.4, -0.2) is 4.98 Å². The Labute approximate surface area is 111 Å². The third-order valence-electron chi connectivity index (χ3n) is 2.52. The zero-order valence-electron chi connectivity index (χ0n) is 8.85. The molecule has 0 aliphatic rings. The summed E-state index contributed by atoms with van der Waals surface area (Å²) in [5, 5.41) is 1.23. The number of pyridine rings is 1. The van der Waals surface area contributed by atoms with E-state index in [0.29, 0.717) is 0 Å². The van der Waals surface area contributed by atoms with Crippen LogP contribution >= 0.6 is 27.3 Å². The summed E-state index contributed by atoms with van der Waals surface area (Å²) >= 11 is 5.21. The van der Waals surface area contributed by atoms with Gasteiger partial charge in [0, 0.05) is 21.1 Å². The highest BCUT2D eigenvalue weighted by Gasteiger charge is 2.05. The maximum Gasteiger partial charge on any atom is 0.0822 e. The molecular weight excluding hydrogens is 296 g/mol. The number of fused-ring (bicyclic) bond motifs is 1. The summed E-state index contributed by atoms with van der Waals surface area (Å²) in [4.78, 5) is 5.49. The summed E-state index contributed by atoms with van der Waals surface area (Å²) in [6.45, 7) is 0. The van der Waals surface area contributed by atoms with E-state index in [2.05, 4.69) is 39.1 Å². The summed E-state index contributed by atoms with van der Waals surface area (Å²) in [5.41, 5.74) is 7.45. The van der Waals surface area contributed by atoms with E-state index in [1.807, 2.05) is 12.1 Å². The van der Waals surface area contributed by atoms with Crippen molar-refractivity contribution in [1.82, 2.24) is 4.98 Å². The molecule has 0 radical (unpaired) electrons. The first-order valence-corrected chi connectivity index (χ1v) is 6.74. The molecule has 3 aromatic rings. The van der Waals surface area contributed by atoms with E-state index in [1.165, 1.54) is 10.1 Å². The van der Waals surface area contributed by atoms with E-state index in [9.17, 15) is 0 Å². The Hall–Kier alpha value is -1.39. The Morgan fingerprint density at radius 2 is 2.00 bits per heavy atom. The van der Waals surface area contributed by atoms with Crippen LogP contribution in [0.1, 0.15) is 0 Å². The standard InChI is InChI=1S/C13H9BrN2S/c14-9-2-1-8-5-13(17-12(8)6-9)11-7-10(15)3-4-16-11/h1-7H,(H2,15,16). The third-order valence-corrected chi connectivity index (χ3v) is 4.13. The zero-order chi connectivity index (χ0) is 11.8. The monoisotopic (exact) mass is 304 g/mol. The molecule has 0 saturated carbocycles. The van der Waals surface area contributed by atoms with Crippen molar-refractivity contribution in [3.8, 4) is 10.6 Å². The van der Waals surface area contributed by atoms with Crippen molar-refractivity contribution in [3.05, 3.63) is 47.1 Å². The van der Waals surface area contributed by atoms with Crippen molar-refractivity contribution < 1.29 is 0 Å². The quantitative estimate of drug-likeness (QED) is 0.727. The molecule has 0 fully saturated rings. The number of nitrogens with two attached hydrogens (primary N) is 1. The fourth-order valence-electron chi connectivity index (χ4n) is 1.71. The highest BCUT2D eigenvalue weighted by atomic mass is 79.9. The molecule has 0 spiro atoms. The van der Waals surface area contributed by atoms with E-state index in [1.54, 1.807) is 23.6 Å². The Bertz CT molecular complexity index is 691. The first kappa shape index (κ1) is 10.7. The highest BCUT2D eigenvalue weighted by molar-refractivity contribution is 9.10. The largest absolute Gasteiger partial charge is 0.399 e. The van der Waals surface area contributed by atoms with Crippen molar-refractivity contribution >= 4 is 43.0 Å². The molecule has 3 rings (SSSR count). The van der Waals surface area contributed by atoms with Crippen LogP contribution in [0.2, 0.25) is 0 Å². The van der Waals surface area contributed by atoms with Crippen LogP contribution in [0.3, 0.4) is 0 Å². The van der Waals surface area contributed by atoms with Gasteiger partial charge in [0.1, 0.15) is 0 Å². The average Bonchev–Trinajstić information content (AvgIpc) is 2.72. The van der Waals surface area contributed by atoms with Crippen molar-refractivity contribution in [2.75, 3.05) is 5.73 Å². The van der Waals surface area contributed by atoms with E-state index in [-0.39, 0.29) is 0 Å². The zero-order valence-corrected chi connectivity index (χ0v) is 11.3. The fraction of sp³-hybridized carbons (Fsp3) is 0. The van der Waals surface area contributed by atoms with Crippen molar-refractivity contribution in [1.29, 1.82) is 0 Å². The number of benzene rings is 1. The second-order valence-electron chi connectivity index (χ2n) is 3.77. The summed E-state index contributed by atoms with van der Waals surface area (Å²) in [5.74, 6) is 0. The van der Waals surface area contributed by atoms with Gasteiger partial charge in [-0.05, 0) is 35.7 Å². The van der Waals surface area contributed by atoms with Crippen molar-refractivity contribution in [3.63, 3.8) is 0 Å². The summed E-state index contributed by atoms with van der Waals surface area (Å²) in [6.07, 6.45) is 1.74. The van der Waals surface area contributed by atoms with Crippen LogP contribution in [0.15, 0.2) is 47.1 Å². The highest BCUT2D eigenvalue weighted by Crippen LogP contribution is 2.34. The molecule has 2 N–H and O–H groups in total. The topological polar surface area (TPSA) is 38.9 Å². The van der Waals surface area contributed by atoms with Gasteiger partial charge in [-0.1, -0.05) is 22.0 Å². The second-order valence-corrected chi connectivity index (χ2v) is 5.77. The molecule has 1 aromatic carbocycles. The lowest BCUT2D eigenvalue weighted by atomic mass is 10.2. The Kier molecular flexibility index (Phi) is 2.61. The van der Waals surface area contributed by atoms with Crippen LogP contribution in [0.25, 0.3) is 20.7 Å². The SMILES string of the molecule is Nc1ccnc(-c2cc3ccc(Br)cc3s2)c1. The normalized spacial score (nSPS) is 10.9. The number of nitrogens with zero attached hydrogens (tertiary/aromatic N) is 1. The van der Waals surface area contributed by atoms with Gasteiger partial charge in [-0.2, -0.15) is 0 Å². The van der Waals surface area contributed by atoms with E-state index in [0.717, 1.165) is 20.7 Å². The van der Waals surface area contributed by atoms with Crippen LogP contribution < -0.4 is 5.73 Å². The molecule has 84 valence electrons. The molecule has 0 amide bonds. The average molecular weight is 305 g/mol. The maximum absolute atomic E-state index is 5.77. The van der Waals surface area contributed by atoms with Gasteiger partial charge in [-0.3, -0.25) is 4.98 Å². The Morgan fingerprint density at radius 1 is 1.12 bits per heavy atom. The van der Waals surface area contributed by atoms with Gasteiger partial charge < -0.3 is 5.73 Å². The minimum atomic E-state index is 0.744. The first-order valence-electron chi connectivity index (χ1n) is 5.13. The van der Waals surface area contributed by atoms with Gasteiger partial charge in [0.25, 0.3) is 0 Å². The van der Waals surface area contributed by atoms with Crippen LogP contribution in [0.4, 0.5) is 5.69 Å². The van der Waals surface area contributed by atoms with E-state index < -0.39 is 0 Å². The molecule has 0 atom stereocenters. The van der Waals surface area contributed by atoms with Gasteiger partial charge in [0.05, 0.1) is 10.6 Å². The smallest absolute Gasteiger partial charge is 0.0822 e. The number of nitrogen functional groups attached to an aromatic ring is 1. The van der Waals surface area contributed by atoms with Crippen LogP contribution in [-0.2, 0) is 0 Å². The molecule has 0 aliphatic heterocycles. The van der Waals surface area contributed by atoms with Gasteiger partial charge in [-0.15, -0.1) is 11.3 Å². The molecule has 2 aromatic heterocycles. The molecule has 17 heavy (non-hydrogen) atoms. The number of hydrogen-bond donors (Lipinski definition) is 1. The van der Waals surface area contributed by atoms with Crippen LogP contribution in [0.5, 0.6) is 0 Å². The molecule has 2 heterocycles. The summed E-state index contributed by atoms with van der Waals surface area (Å²) < 4.78 is 2.34. The fourth-order valence-corrected chi connectivity index (χ4v) is 3.30. The number of anilines is 1. The minimum Gasteiger partial charge on any atom is -0.399 e. The molecule has 0 aliphatic carbocycles. The van der Waals surface area contributed by atoms with Gasteiger partial charge in [0.2, 0.25) is 0 Å². The van der Waals surface area contributed by atoms with Gasteiger partial charge >= 0.3 is 0 Å². The summed E-state index contributed by atoms with van der Waals surface area (Å²) in [6, 6.07) is 12.1. The number of thiophene rings is 1. The Morgan fingerprint density at radius 3 is 2.82 bits per heavy atom. The Balaban J connectivity index is 2.18. The number of hydrogen-bond acceptors (Lipinski definition) is 3. The van der Waals surface area contributed by atoms with Crippen LogP contribution in [0, 0.1) is 0 Å². The van der Waals surface area contributed by atoms with E-state index in [4.69, 9.17) is 5.73 Å². The predicted molar refractivity (Wildman–Crippen MR) is 77.2 cm³/mol. The lowest BCUT2D eigenvalue weighted by molar-refractivity contribution is 1.34. The number of rotatable bonds is 1. The number of aromatic nitrogens is 1. The van der Waals surface area contributed by atoms with Gasteiger partial charge in [0.15, 0.2) is 0 Å². The van der Waals surface area contributed by atoms with Crippen molar-refractivity contribution in [2.24, 2.45) is 0 Å². The summed E-state index contributed by atoms with van der Waals surface area (Å²) in [7, 11) is 0. The number of halogens is 1. The second kappa shape index (κ2) is 4.13. The maximum atomic E-state index is 5.77. The van der Waals surface area contributed by atoms with Crippen molar-refractivity contribution in [2.45, 2.75) is 0 Å². The third kappa shape index (κ3) is 2.06. The minimum absolute atomic E-state index is 0.744. The lowest BCUT2D eigenvalue weighted by Gasteiger charge is -1.96. The lowest BCUT2D eigenvalue weighted by Crippen LogP contribution is -1.86. The first-order chi connectivity index (χ1) is 8.22. The molecule has 2 nitrogen and oxygen atoms in total. The molecule has 0 saturated heterocycles. The molecule has 0 bridgehead atoms. The molecule has 0 unspecified atom stereocenters.